The number of hydroxylamine groups is 2. The van der Waals surface area contributed by atoms with E-state index >= 15 is 0 Å². The molecule has 21 nitrogen and oxygen atoms in total. The molecule has 3 heterocycles. The van der Waals surface area contributed by atoms with Crippen LogP contribution in [0.5, 0.6) is 5.75 Å². The first kappa shape index (κ1) is 61.3. The molecule has 6 N–H and O–H groups in total. The Morgan fingerprint density at radius 3 is 2.13 bits per heavy atom. The minimum atomic E-state index is -1.17. The van der Waals surface area contributed by atoms with Crippen LogP contribution in [0.1, 0.15) is 136 Å². The second-order valence-corrected chi connectivity index (χ2v) is 22.7. The Hall–Kier alpha value is -6.87. The maximum Gasteiger partial charge on any atom is 0.333 e. The maximum atomic E-state index is 14.3. The summed E-state index contributed by atoms with van der Waals surface area (Å²) in [5.74, 6) is -6.00. The van der Waals surface area contributed by atoms with Crippen LogP contribution in [0.4, 0.5) is 0 Å². The second kappa shape index (κ2) is 27.3. The number of carbonyl (C=O) groups is 10. The van der Waals surface area contributed by atoms with Crippen LogP contribution in [0.2, 0.25) is 5.02 Å². The van der Waals surface area contributed by atoms with Gasteiger partial charge in [0.1, 0.15) is 42.1 Å². The van der Waals surface area contributed by atoms with Gasteiger partial charge >= 0.3 is 11.9 Å². The highest BCUT2D eigenvalue weighted by atomic mass is 35.5. The number of nitrogens with one attached hydrogen (secondary N) is 6. The number of benzene rings is 2. The molecule has 0 bridgehead atoms. The number of cyclic esters (lactones) is 1. The molecule has 9 atom stereocenters. The highest BCUT2D eigenvalue weighted by Crippen LogP contribution is 2.45. The van der Waals surface area contributed by atoms with Crippen molar-refractivity contribution >= 4 is 70.8 Å². The summed E-state index contributed by atoms with van der Waals surface area (Å²) in [5.41, 5.74) is 1.09. The minimum Gasteiger partial charge on any atom is -0.495 e. The number of ether oxygens (including phenoxy) is 3. The zero-order chi connectivity index (χ0) is 57.9. The predicted molar refractivity (Wildman–Crippen MR) is 288 cm³/mol. The number of nitrogens with zero attached hydrogens (tertiary/aromatic N) is 1. The van der Waals surface area contributed by atoms with Crippen molar-refractivity contribution in [3.8, 4) is 5.75 Å². The smallest absolute Gasteiger partial charge is 0.333 e. The third-order valence-corrected chi connectivity index (χ3v) is 14.9. The van der Waals surface area contributed by atoms with E-state index in [1.54, 1.807) is 52.0 Å². The molecule has 1 saturated carbocycles. The molecule has 0 spiro atoms. The molecule has 3 aliphatic heterocycles. The van der Waals surface area contributed by atoms with Gasteiger partial charge in [0, 0.05) is 57.0 Å². The van der Waals surface area contributed by atoms with Crippen molar-refractivity contribution in [1.29, 1.82) is 0 Å². The van der Waals surface area contributed by atoms with E-state index < -0.39 is 113 Å². The van der Waals surface area contributed by atoms with Crippen LogP contribution in [-0.2, 0) is 75.2 Å². The standard InChI is InChI=1S/C57H76ClN7O14/c1-30(2)26-40-55(74)77-41(12-10-13-43(66)61-39(28-35-18-23-42(76-9)38(58)27-35)53(72)64-51(37-21-22-37)57(7,8)56(75)62-40)32(5)49-50(78-49)36-19-16-34(17-20-36)29-59-52(71)33(6)60-54(73)48(31(3)4)63-44(67)14-11-15-47(70)79-65-45(68)24-25-46(65)69/h10,13,16-20,23,27,30-33,37,39-41,48-51H,11-12,14-15,21-22,24-26,28-29H2,1-9H3,(H,59,71)(H,60,73)(H,61,66)(H,62,75)(H,63,67)(H,64,72)/b13-10+/t32?,33?,39-,40+,41+,48?,49-,50-,51?/m1/s1. The van der Waals surface area contributed by atoms with Crippen LogP contribution in [0.15, 0.2) is 54.6 Å². The number of rotatable bonds is 21. The number of amides is 8. The Bertz CT molecular complexity index is 2620. The lowest BCUT2D eigenvalue weighted by atomic mass is 9.80. The lowest BCUT2D eigenvalue weighted by molar-refractivity contribution is -0.197. The molecule has 6 rings (SSSR count). The van der Waals surface area contributed by atoms with Gasteiger partial charge in [0.15, 0.2) is 0 Å². The molecule has 2 aromatic rings. The number of hydrogen-bond acceptors (Lipinski definition) is 14. The second-order valence-electron chi connectivity index (χ2n) is 22.3. The van der Waals surface area contributed by atoms with Crippen LogP contribution >= 0.6 is 11.6 Å². The molecule has 4 unspecified atom stereocenters. The molecule has 8 amide bonds. The molecule has 2 saturated heterocycles. The van der Waals surface area contributed by atoms with Gasteiger partial charge in [0.05, 0.1) is 23.7 Å². The molecule has 79 heavy (non-hydrogen) atoms. The Balaban J connectivity index is 1.06. The quantitative estimate of drug-likeness (QED) is 0.0570. The molecule has 3 fully saturated rings. The van der Waals surface area contributed by atoms with Crippen molar-refractivity contribution in [1.82, 2.24) is 37.0 Å². The fourth-order valence-electron chi connectivity index (χ4n) is 9.67. The monoisotopic (exact) mass is 1120 g/mol. The largest absolute Gasteiger partial charge is 0.495 e. The molecule has 1 aliphatic carbocycles. The number of hydrogen-bond donors (Lipinski definition) is 6. The van der Waals surface area contributed by atoms with Gasteiger partial charge in [-0.25, -0.2) is 9.59 Å². The average Bonchev–Trinajstić information content (AvgIpc) is 4.36. The van der Waals surface area contributed by atoms with Gasteiger partial charge in [-0.05, 0) is 99.1 Å². The average molecular weight is 1120 g/mol. The van der Waals surface area contributed by atoms with Crippen molar-refractivity contribution in [2.45, 2.75) is 175 Å². The highest BCUT2D eigenvalue weighted by molar-refractivity contribution is 6.32. The number of imide groups is 1. The summed E-state index contributed by atoms with van der Waals surface area (Å²) < 4.78 is 17.8. The number of methoxy groups -OCH3 is 1. The first-order valence-electron chi connectivity index (χ1n) is 27.2. The first-order chi connectivity index (χ1) is 37.4. The van der Waals surface area contributed by atoms with E-state index in [0.29, 0.717) is 21.4 Å². The summed E-state index contributed by atoms with van der Waals surface area (Å²) in [6, 6.07) is 7.90. The number of halogens is 1. The van der Waals surface area contributed by atoms with Crippen LogP contribution in [0.25, 0.3) is 0 Å². The van der Waals surface area contributed by atoms with E-state index in [1.165, 1.54) is 20.1 Å². The van der Waals surface area contributed by atoms with Crippen molar-refractivity contribution in [3.63, 3.8) is 0 Å². The van der Waals surface area contributed by atoms with Crippen LogP contribution in [-0.4, -0.2) is 114 Å². The van der Waals surface area contributed by atoms with Gasteiger partial charge in [-0.15, -0.1) is 5.06 Å². The third-order valence-electron chi connectivity index (χ3n) is 14.7. The summed E-state index contributed by atoms with van der Waals surface area (Å²) in [4.78, 5) is 136. The van der Waals surface area contributed by atoms with Gasteiger partial charge < -0.3 is 50.9 Å². The van der Waals surface area contributed by atoms with Gasteiger partial charge in [-0.1, -0.05) is 82.6 Å². The van der Waals surface area contributed by atoms with Crippen LogP contribution in [0.3, 0.4) is 0 Å². The van der Waals surface area contributed by atoms with E-state index in [9.17, 15) is 47.9 Å². The summed E-state index contributed by atoms with van der Waals surface area (Å²) in [6.07, 6.45) is 2.99. The normalized spacial score (nSPS) is 24.3. The van der Waals surface area contributed by atoms with Crippen molar-refractivity contribution in [2.24, 2.45) is 29.1 Å². The third kappa shape index (κ3) is 17.1. The molecule has 430 valence electrons. The Morgan fingerprint density at radius 2 is 1.51 bits per heavy atom. The van der Waals surface area contributed by atoms with E-state index in [-0.39, 0.29) is 81.8 Å². The molecule has 0 radical (unpaired) electrons. The summed E-state index contributed by atoms with van der Waals surface area (Å²) in [7, 11) is 1.50. The molecule has 22 heteroatoms. The Labute approximate surface area is 466 Å². The van der Waals surface area contributed by atoms with Gasteiger partial charge in [-0.3, -0.25) is 38.4 Å². The molecule has 2 aromatic carbocycles. The zero-order valence-corrected chi connectivity index (χ0v) is 47.2. The van der Waals surface area contributed by atoms with Gasteiger partial charge in [0.25, 0.3) is 11.8 Å². The number of carbonyl (C=O) groups excluding carboxylic acids is 10. The molecular weight excluding hydrogens is 1040 g/mol. The summed E-state index contributed by atoms with van der Waals surface area (Å²) >= 11 is 6.45. The van der Waals surface area contributed by atoms with Gasteiger partial charge in [0.2, 0.25) is 35.4 Å². The van der Waals surface area contributed by atoms with E-state index in [2.05, 4.69) is 31.9 Å². The van der Waals surface area contributed by atoms with Crippen molar-refractivity contribution < 1.29 is 67.0 Å². The summed E-state index contributed by atoms with van der Waals surface area (Å²) in [6.45, 7) is 14.4. The van der Waals surface area contributed by atoms with E-state index in [0.717, 1.165) is 24.0 Å². The topological polar surface area (TPSA) is 286 Å². The fourth-order valence-corrected chi connectivity index (χ4v) is 9.95. The number of esters is 1. The zero-order valence-electron chi connectivity index (χ0n) is 46.4. The molecular formula is C57H76ClN7O14. The molecule has 0 aromatic heterocycles. The molecule has 4 aliphatic rings. The maximum absolute atomic E-state index is 14.3. The first-order valence-corrected chi connectivity index (χ1v) is 27.5. The SMILES string of the molecule is COc1ccc(C[C@H]2NC(=O)/C=C/C[C@@H](C(C)[C@H]3O[C@@H]3c3ccc(CNC(=O)C(C)NC(=O)C(NC(=O)CCCC(=O)ON4C(=O)CCC4=O)C(C)C)cc3)OC(=O)[C@H](CC(C)C)NC(=O)C(C)(C)C(C3CC3)NC2=O)cc1Cl. The Kier molecular flexibility index (Phi) is 21.2. The minimum absolute atomic E-state index is 0.00294. The fraction of sp³-hybridized carbons (Fsp3) is 0.579. The van der Waals surface area contributed by atoms with Crippen LogP contribution < -0.4 is 36.6 Å². The van der Waals surface area contributed by atoms with Gasteiger partial charge in [-0.2, -0.15) is 0 Å². The number of epoxide rings is 1. The highest BCUT2D eigenvalue weighted by Gasteiger charge is 2.50. The Morgan fingerprint density at radius 1 is 0.835 bits per heavy atom. The van der Waals surface area contributed by atoms with E-state index in [4.69, 9.17) is 30.6 Å². The van der Waals surface area contributed by atoms with Crippen molar-refractivity contribution in [2.75, 3.05) is 7.11 Å². The summed E-state index contributed by atoms with van der Waals surface area (Å²) in [5, 5.41) is 17.8. The lowest BCUT2D eigenvalue weighted by Crippen LogP contribution is -2.59. The predicted octanol–water partition coefficient (Wildman–Crippen LogP) is 4.51. The van der Waals surface area contributed by atoms with E-state index in [1.807, 2.05) is 45.0 Å². The van der Waals surface area contributed by atoms with Crippen molar-refractivity contribution in [3.05, 3.63) is 76.3 Å². The van der Waals surface area contributed by atoms with Crippen LogP contribution in [0, 0.1) is 29.1 Å². The lowest BCUT2D eigenvalue weighted by Gasteiger charge is -2.36.